The maximum atomic E-state index is 5.28. The van der Waals surface area contributed by atoms with Crippen molar-refractivity contribution in [1.82, 2.24) is 4.98 Å². The first-order valence-corrected chi connectivity index (χ1v) is 9.15. The molecule has 27 heavy (non-hydrogen) atoms. The van der Waals surface area contributed by atoms with Gasteiger partial charge in [0.15, 0.2) is 5.13 Å². The fraction of sp³-hybridized carbons (Fsp3) is 0.143. The average Bonchev–Trinajstić information content (AvgIpc) is 3.09. The van der Waals surface area contributed by atoms with E-state index in [9.17, 15) is 0 Å². The molecule has 5 nitrogen and oxygen atoms in total. The topological polar surface area (TPSA) is 55.7 Å². The zero-order valence-electron chi connectivity index (χ0n) is 15.5. The molecule has 0 spiro atoms. The van der Waals surface area contributed by atoms with Crippen LogP contribution in [0.2, 0.25) is 0 Å². The number of hydrogen-bond acceptors (Lipinski definition) is 6. The molecule has 0 unspecified atom stereocenters. The van der Waals surface area contributed by atoms with Crippen LogP contribution in [0.3, 0.4) is 0 Å². The van der Waals surface area contributed by atoms with Crippen molar-refractivity contribution >= 4 is 44.7 Å². The Kier molecular flexibility index (Phi) is 5.88. The number of thiazole rings is 1. The van der Waals surface area contributed by atoms with Gasteiger partial charge in [-0.25, -0.2) is 4.98 Å². The molecule has 1 aromatic heterocycles. The normalized spacial score (nSPS) is 12.1. The van der Waals surface area contributed by atoms with Gasteiger partial charge in [-0.15, -0.1) is 0 Å². The van der Waals surface area contributed by atoms with E-state index in [4.69, 9.17) is 9.47 Å². The lowest BCUT2D eigenvalue weighted by Gasteiger charge is -2.04. The lowest BCUT2D eigenvalue weighted by molar-refractivity contribution is 0.306. The zero-order valence-corrected chi connectivity index (χ0v) is 16.3. The van der Waals surface area contributed by atoms with Crippen molar-refractivity contribution in [2.45, 2.75) is 6.92 Å². The number of nitrogens with one attached hydrogen (secondary N) is 1. The highest BCUT2D eigenvalue weighted by Gasteiger charge is 2.07. The van der Waals surface area contributed by atoms with Gasteiger partial charge in [-0.1, -0.05) is 17.4 Å². The van der Waals surface area contributed by atoms with E-state index in [1.54, 1.807) is 31.8 Å². The van der Waals surface area contributed by atoms with Crippen molar-refractivity contribution in [3.8, 4) is 5.75 Å². The van der Waals surface area contributed by atoms with Crippen molar-refractivity contribution in [1.29, 1.82) is 0 Å². The summed E-state index contributed by atoms with van der Waals surface area (Å²) in [5.41, 5.74) is 4.11. The molecule has 138 valence electrons. The largest absolute Gasteiger partial charge is 0.497 e. The second-order valence-corrected chi connectivity index (χ2v) is 6.83. The van der Waals surface area contributed by atoms with Crippen LogP contribution in [0.15, 0.2) is 65.5 Å². The number of nitrogens with zero attached hydrogens (tertiary/aromatic N) is 2. The van der Waals surface area contributed by atoms with Crippen LogP contribution in [-0.2, 0) is 4.74 Å². The summed E-state index contributed by atoms with van der Waals surface area (Å²) < 4.78 is 11.6. The van der Waals surface area contributed by atoms with Gasteiger partial charge in [0.1, 0.15) is 11.5 Å². The molecular formula is C21H21N3O2S. The van der Waals surface area contributed by atoms with E-state index >= 15 is 0 Å². The Hall–Kier alpha value is -3.12. The minimum absolute atomic E-state index is 0.661. The number of aliphatic imine (C=N–C) groups is 1. The first kappa shape index (κ1) is 18.7. The molecule has 0 aliphatic heterocycles. The third-order valence-corrected chi connectivity index (χ3v) is 4.93. The summed E-state index contributed by atoms with van der Waals surface area (Å²) in [7, 11) is 3.27. The van der Waals surface area contributed by atoms with Gasteiger partial charge in [0.2, 0.25) is 0 Å². The van der Waals surface area contributed by atoms with Crippen LogP contribution in [0, 0.1) is 0 Å². The summed E-state index contributed by atoms with van der Waals surface area (Å²) in [6.07, 6.45) is 3.53. The van der Waals surface area contributed by atoms with E-state index in [0.29, 0.717) is 5.76 Å². The fourth-order valence-electron chi connectivity index (χ4n) is 2.56. The van der Waals surface area contributed by atoms with Gasteiger partial charge in [0.05, 0.1) is 30.6 Å². The minimum atomic E-state index is 0.661. The Bertz CT molecular complexity index is 1000. The molecule has 6 heteroatoms. The highest BCUT2D eigenvalue weighted by atomic mass is 32.1. The van der Waals surface area contributed by atoms with Gasteiger partial charge in [-0.3, -0.25) is 4.99 Å². The van der Waals surface area contributed by atoms with Crippen LogP contribution in [0.1, 0.15) is 12.5 Å². The molecule has 0 fully saturated rings. The fourth-order valence-corrected chi connectivity index (χ4v) is 3.48. The van der Waals surface area contributed by atoms with Crippen molar-refractivity contribution < 1.29 is 9.47 Å². The van der Waals surface area contributed by atoms with Crippen LogP contribution in [-0.4, -0.2) is 25.9 Å². The lowest BCUT2D eigenvalue weighted by Crippen LogP contribution is -1.89. The highest BCUT2D eigenvalue weighted by molar-refractivity contribution is 7.22. The molecule has 0 saturated heterocycles. The number of aromatic nitrogens is 1. The van der Waals surface area contributed by atoms with Crippen LogP contribution in [0.5, 0.6) is 5.75 Å². The van der Waals surface area contributed by atoms with Crippen LogP contribution in [0.4, 0.5) is 10.8 Å². The quantitative estimate of drug-likeness (QED) is 0.328. The first-order valence-electron chi connectivity index (χ1n) is 8.33. The lowest BCUT2D eigenvalue weighted by atomic mass is 10.1. The monoisotopic (exact) mass is 379 g/mol. The Labute approximate surface area is 162 Å². The molecule has 3 rings (SSSR count). The molecule has 0 saturated carbocycles. The van der Waals surface area contributed by atoms with Gasteiger partial charge in [0, 0.05) is 5.69 Å². The van der Waals surface area contributed by atoms with E-state index in [1.165, 1.54) is 0 Å². The predicted octanol–water partition coefficient (Wildman–Crippen LogP) is 5.64. The Balaban J connectivity index is 1.84. The average molecular weight is 379 g/mol. The summed E-state index contributed by atoms with van der Waals surface area (Å²) >= 11 is 1.61. The number of rotatable bonds is 7. The molecule has 0 aliphatic rings. The second-order valence-electron chi connectivity index (χ2n) is 5.80. The van der Waals surface area contributed by atoms with Crippen LogP contribution >= 0.6 is 11.3 Å². The standard InChI is InChI=1S/C21H21N3O2S/c1-14(11-18(26-4)13-22-2)15-5-10-19-20(12-15)27-21(24-19)23-16-6-8-17(25-3)9-7-16/h5-13H,2H2,1,3-4H3,(H,23,24)/b14-11+,18-13+. The van der Waals surface area contributed by atoms with Crippen LogP contribution in [0.25, 0.3) is 15.8 Å². The SMILES string of the molecule is C=N/C=C(\C=C(/C)c1ccc2nc(Nc3ccc(OC)cc3)sc2c1)OC. The minimum Gasteiger partial charge on any atom is -0.497 e. The molecule has 2 aromatic carbocycles. The summed E-state index contributed by atoms with van der Waals surface area (Å²) in [4.78, 5) is 8.41. The molecule has 0 aliphatic carbocycles. The second kappa shape index (κ2) is 8.51. The third-order valence-electron chi connectivity index (χ3n) is 4.00. The van der Waals surface area contributed by atoms with Gasteiger partial charge >= 0.3 is 0 Å². The van der Waals surface area contributed by atoms with E-state index < -0.39 is 0 Å². The molecule has 3 aromatic rings. The van der Waals surface area contributed by atoms with Crippen molar-refractivity contribution in [3.05, 3.63) is 66.1 Å². The number of hydrogen-bond donors (Lipinski definition) is 1. The number of fused-ring (bicyclic) bond motifs is 1. The van der Waals surface area contributed by atoms with Gasteiger partial charge in [-0.05, 0) is 67.3 Å². The molecule has 0 atom stereocenters. The first-order chi connectivity index (χ1) is 13.1. The number of methoxy groups -OCH3 is 2. The predicted molar refractivity (Wildman–Crippen MR) is 114 cm³/mol. The van der Waals surface area contributed by atoms with E-state index in [-0.39, 0.29) is 0 Å². The summed E-state index contributed by atoms with van der Waals surface area (Å²) in [6, 6.07) is 14.0. The third kappa shape index (κ3) is 4.54. The Morgan fingerprint density at radius 1 is 1.19 bits per heavy atom. The molecule has 0 bridgehead atoms. The molecule has 0 amide bonds. The smallest absolute Gasteiger partial charge is 0.188 e. The molecule has 1 N–H and O–H groups in total. The van der Waals surface area contributed by atoms with E-state index in [2.05, 4.69) is 34.1 Å². The Morgan fingerprint density at radius 2 is 1.96 bits per heavy atom. The molecule has 0 radical (unpaired) electrons. The van der Waals surface area contributed by atoms with Crippen LogP contribution < -0.4 is 10.1 Å². The van der Waals surface area contributed by atoms with Crippen molar-refractivity contribution in [3.63, 3.8) is 0 Å². The maximum absolute atomic E-state index is 5.28. The number of anilines is 2. The number of benzene rings is 2. The maximum Gasteiger partial charge on any atom is 0.188 e. The summed E-state index contributed by atoms with van der Waals surface area (Å²) in [5.74, 6) is 1.49. The highest BCUT2D eigenvalue weighted by Crippen LogP contribution is 2.31. The summed E-state index contributed by atoms with van der Waals surface area (Å²) in [6.45, 7) is 5.50. The molecular weight excluding hydrogens is 358 g/mol. The van der Waals surface area contributed by atoms with Crippen molar-refractivity contribution in [2.75, 3.05) is 19.5 Å². The number of allylic oxidation sites excluding steroid dienone is 2. The van der Waals surface area contributed by atoms with Gasteiger partial charge in [0.25, 0.3) is 0 Å². The van der Waals surface area contributed by atoms with Gasteiger partial charge in [-0.2, -0.15) is 0 Å². The number of ether oxygens (including phenoxy) is 2. The summed E-state index contributed by atoms with van der Waals surface area (Å²) in [5, 5.41) is 4.19. The van der Waals surface area contributed by atoms with Crippen molar-refractivity contribution in [2.24, 2.45) is 4.99 Å². The van der Waals surface area contributed by atoms with E-state index in [1.807, 2.05) is 43.3 Å². The zero-order chi connectivity index (χ0) is 19.2. The Morgan fingerprint density at radius 3 is 2.63 bits per heavy atom. The molecule has 1 heterocycles. The van der Waals surface area contributed by atoms with Gasteiger partial charge < -0.3 is 14.8 Å². The van der Waals surface area contributed by atoms with E-state index in [0.717, 1.165) is 37.9 Å².